The van der Waals surface area contributed by atoms with Gasteiger partial charge in [0.05, 0.1) is 49.5 Å². The van der Waals surface area contributed by atoms with Crippen molar-refractivity contribution in [2.45, 2.75) is 231 Å². The third-order valence-corrected chi connectivity index (χ3v) is 20.9. The molecule has 0 bridgehead atoms. The van der Waals surface area contributed by atoms with Gasteiger partial charge in [0.1, 0.15) is 67.1 Å². The monoisotopic (exact) mass is 1100 g/mol. The average molecular weight is 1100 g/mol. The first kappa shape index (κ1) is 60.6. The largest absolute Gasteiger partial charge is 0.479 e. The summed E-state index contributed by atoms with van der Waals surface area (Å²) in [7, 11) is 0. The molecule has 5 aliphatic carbocycles. The molecule has 8 aliphatic rings. The van der Waals surface area contributed by atoms with E-state index in [-0.39, 0.29) is 11.8 Å². The fraction of sp³-hybridized carbons (Fsp3) is 0.907. The number of allylic oxidation sites excluding steroid dienone is 1. The van der Waals surface area contributed by atoms with Crippen molar-refractivity contribution in [1.29, 1.82) is 0 Å². The highest BCUT2D eigenvalue weighted by molar-refractivity contribution is 5.73. The van der Waals surface area contributed by atoms with Crippen molar-refractivity contribution in [1.82, 2.24) is 0 Å². The summed E-state index contributed by atoms with van der Waals surface area (Å²) in [5.41, 5.74) is -4.74. The number of aliphatic hydroxyl groups is 11. The maximum absolute atomic E-state index is 13.5. The van der Waals surface area contributed by atoms with E-state index < -0.39 is 199 Å². The summed E-state index contributed by atoms with van der Waals surface area (Å²) in [6, 6.07) is 0. The molecule has 23 nitrogen and oxygen atoms in total. The first-order chi connectivity index (χ1) is 35.8. The van der Waals surface area contributed by atoms with Crippen LogP contribution < -0.4 is 0 Å². The lowest BCUT2D eigenvalue weighted by atomic mass is 9.32. The number of carboxylic acid groups (broad SMARTS) is 1. The van der Waals surface area contributed by atoms with Crippen LogP contribution in [0.2, 0.25) is 0 Å². The molecule has 0 aromatic heterocycles. The van der Waals surface area contributed by atoms with Crippen molar-refractivity contribution >= 4 is 17.9 Å². The van der Waals surface area contributed by atoms with Crippen LogP contribution in [0, 0.1) is 56.2 Å². The van der Waals surface area contributed by atoms with E-state index in [1.807, 2.05) is 41.5 Å². The van der Waals surface area contributed by atoms with Gasteiger partial charge in [-0.1, -0.05) is 74.0 Å². The fourth-order valence-corrected chi connectivity index (χ4v) is 16.1. The molecule has 0 aromatic rings. The molecule has 4 saturated carbocycles. The summed E-state index contributed by atoms with van der Waals surface area (Å²) in [5.74, 6) is -4.25. The quantitative estimate of drug-likeness (QED) is 0.0622. The Bertz CT molecular complexity index is 2190. The molecule has 440 valence electrons. The summed E-state index contributed by atoms with van der Waals surface area (Å²) < 4.78 is 48.6. The number of hydrogen-bond donors (Lipinski definition) is 12. The summed E-state index contributed by atoms with van der Waals surface area (Å²) in [6.07, 6.45) is -26.6. The number of carbonyl (C=O) groups is 3. The number of hydrogen-bond acceptors (Lipinski definition) is 22. The molecule has 3 heterocycles. The van der Waals surface area contributed by atoms with Gasteiger partial charge >= 0.3 is 17.9 Å². The van der Waals surface area contributed by atoms with Crippen molar-refractivity contribution in [2.24, 2.45) is 56.2 Å². The first-order valence-electron chi connectivity index (χ1n) is 27.4. The van der Waals surface area contributed by atoms with Crippen LogP contribution in [0.3, 0.4) is 0 Å². The third kappa shape index (κ3) is 9.53. The Labute approximate surface area is 448 Å². The van der Waals surface area contributed by atoms with Crippen molar-refractivity contribution < 1.29 is 114 Å². The number of fused-ring (bicyclic) bond motifs is 7. The molecule has 7 fully saturated rings. The highest BCUT2D eigenvalue weighted by Crippen LogP contribution is 2.76. The number of carbonyl (C=O) groups excluding carboxylic acids is 2. The molecule has 27 atom stereocenters. The summed E-state index contributed by atoms with van der Waals surface area (Å²) in [6.45, 7) is 17.0. The van der Waals surface area contributed by atoms with Gasteiger partial charge in [0.25, 0.3) is 0 Å². The topological polar surface area (TPSA) is 368 Å². The van der Waals surface area contributed by atoms with E-state index in [4.69, 9.17) is 37.9 Å². The van der Waals surface area contributed by atoms with E-state index in [0.717, 1.165) is 5.57 Å². The second-order valence-electron chi connectivity index (χ2n) is 25.7. The lowest BCUT2D eigenvalue weighted by molar-refractivity contribution is -0.392. The standard InChI is InChI=1S/C54H86O23/c1-11-22(2)45(69)77-42-43(71-23(3)57)54(21-56)25(18-49(42,4)5)24-12-13-29-51(8)16-15-30(50(6,7)28(51)14-17-52(29,9)53(24,10)40(65)41(54)66)73-48-39(76-47-35(63)33(61)32(60)27(19-55)72-47)37(36(64)38(75-48)44(67)68)74-46-34(62)31(59)26(58)20-70-46/h12,22,25-43,46-48,55-56,58-66H,11,13-21H2,1-10H3,(H,67,68)/t22?,25-,26-,27+,28-,29+,30-,31-,32+,33-,34+,35+,36-,37-,38-,39+,40-,41+,42-,43-,46-,47-,48+,51-,52+,53-,54-/m0/s1. The van der Waals surface area contributed by atoms with Gasteiger partial charge in [-0.2, -0.15) is 0 Å². The minimum atomic E-state index is -2.12. The van der Waals surface area contributed by atoms with Crippen LogP contribution in [-0.4, -0.2) is 216 Å². The maximum atomic E-state index is 13.5. The van der Waals surface area contributed by atoms with Crippen LogP contribution in [0.1, 0.15) is 114 Å². The molecule has 0 spiro atoms. The first-order valence-corrected chi connectivity index (χ1v) is 27.4. The van der Waals surface area contributed by atoms with Gasteiger partial charge in [-0.25, -0.2) is 4.79 Å². The van der Waals surface area contributed by atoms with Crippen molar-refractivity contribution in [3.8, 4) is 0 Å². The van der Waals surface area contributed by atoms with Crippen LogP contribution in [0.15, 0.2) is 11.6 Å². The number of ether oxygens (including phenoxy) is 8. The number of carboxylic acids is 1. The minimum absolute atomic E-state index is 0.135. The smallest absolute Gasteiger partial charge is 0.335 e. The lowest BCUT2D eigenvalue weighted by Gasteiger charge is -2.73. The summed E-state index contributed by atoms with van der Waals surface area (Å²) >= 11 is 0. The predicted molar refractivity (Wildman–Crippen MR) is 263 cm³/mol. The van der Waals surface area contributed by atoms with Crippen molar-refractivity contribution in [3.63, 3.8) is 0 Å². The van der Waals surface area contributed by atoms with Crippen LogP contribution in [0.4, 0.5) is 0 Å². The molecular weight excluding hydrogens is 1020 g/mol. The number of esters is 2. The minimum Gasteiger partial charge on any atom is -0.479 e. The third-order valence-electron chi connectivity index (χ3n) is 20.9. The Kier molecular flexibility index (Phi) is 17.0. The van der Waals surface area contributed by atoms with E-state index in [0.29, 0.717) is 44.9 Å². The SMILES string of the molecule is CCC(C)C(=O)O[C@H]1[C@H](OC(C)=O)[C@]2(CO)[C@H](O)[C@H](O)[C@]3(C)C(=CC[C@@H]4[C@@]5(C)CC[C@H](O[C@@H]6O[C@H](C(=O)O)[C@@H](O)[C@H](O[C@@H]7OC[C@H](O)[C@H](O)[C@H]7O)[C@H]6O[C@@H]6O[C@H](CO)[C@@H](O)[C@H](O)[C@H]6O)C(C)(C)[C@@H]5CC[C@]43C)[C@@H]2CC1(C)C. The fourth-order valence-electron chi connectivity index (χ4n) is 16.1. The van der Waals surface area contributed by atoms with Gasteiger partial charge in [0.2, 0.25) is 0 Å². The Morgan fingerprint density at radius 2 is 1.38 bits per heavy atom. The molecule has 3 aliphatic heterocycles. The Hall–Kier alpha value is -2.53. The molecule has 12 N–H and O–H groups in total. The normalized spacial score (nSPS) is 50.6. The average Bonchev–Trinajstić information content (AvgIpc) is 3.40. The number of rotatable bonds is 13. The number of aliphatic carboxylic acids is 1. The molecule has 3 saturated heterocycles. The van der Waals surface area contributed by atoms with Crippen molar-refractivity contribution in [2.75, 3.05) is 19.8 Å². The van der Waals surface area contributed by atoms with Crippen LogP contribution in [0.5, 0.6) is 0 Å². The molecule has 0 radical (unpaired) electrons. The zero-order valence-corrected chi connectivity index (χ0v) is 45.8. The summed E-state index contributed by atoms with van der Waals surface area (Å²) in [4.78, 5) is 39.3. The molecule has 8 rings (SSSR count). The van der Waals surface area contributed by atoms with E-state index in [1.165, 1.54) is 6.92 Å². The molecule has 1 unspecified atom stereocenters. The van der Waals surface area contributed by atoms with Gasteiger partial charge in [-0.15, -0.1) is 0 Å². The van der Waals surface area contributed by atoms with E-state index >= 15 is 0 Å². The lowest BCUT2D eigenvalue weighted by Crippen LogP contribution is -2.76. The predicted octanol–water partition coefficient (Wildman–Crippen LogP) is -0.604. The highest BCUT2D eigenvalue weighted by atomic mass is 16.8. The van der Waals surface area contributed by atoms with Crippen molar-refractivity contribution in [3.05, 3.63) is 11.6 Å². The van der Waals surface area contributed by atoms with Gasteiger partial charge in [-0.3, -0.25) is 9.59 Å². The zero-order valence-electron chi connectivity index (χ0n) is 45.8. The van der Waals surface area contributed by atoms with E-state index in [1.54, 1.807) is 6.92 Å². The maximum Gasteiger partial charge on any atom is 0.335 e. The van der Waals surface area contributed by atoms with Gasteiger partial charge < -0.3 is 99.2 Å². The van der Waals surface area contributed by atoms with Gasteiger partial charge in [0.15, 0.2) is 31.1 Å². The Morgan fingerprint density at radius 3 is 1.99 bits per heavy atom. The molecule has 0 aromatic carbocycles. The highest BCUT2D eigenvalue weighted by Gasteiger charge is 2.76. The number of aliphatic hydroxyl groups excluding tert-OH is 11. The van der Waals surface area contributed by atoms with Gasteiger partial charge in [0, 0.05) is 17.8 Å². The summed E-state index contributed by atoms with van der Waals surface area (Å²) in [5, 5.41) is 134. The molecule has 23 heteroatoms. The molecular formula is C54H86O23. The Morgan fingerprint density at radius 1 is 0.727 bits per heavy atom. The van der Waals surface area contributed by atoms with Crippen LogP contribution in [0.25, 0.3) is 0 Å². The van der Waals surface area contributed by atoms with Crippen LogP contribution in [-0.2, 0) is 52.3 Å². The second-order valence-corrected chi connectivity index (χ2v) is 25.7. The Balaban J connectivity index is 1.13. The molecule has 77 heavy (non-hydrogen) atoms. The molecule has 0 amide bonds. The van der Waals surface area contributed by atoms with Crippen LogP contribution >= 0.6 is 0 Å². The van der Waals surface area contributed by atoms with Gasteiger partial charge in [-0.05, 0) is 78.9 Å². The second kappa shape index (κ2) is 21.7. The van der Waals surface area contributed by atoms with E-state index in [2.05, 4.69) is 19.9 Å². The zero-order chi connectivity index (χ0) is 57.0. The van der Waals surface area contributed by atoms with E-state index in [9.17, 15) is 75.7 Å².